The molecule has 0 spiro atoms. The monoisotopic (exact) mass is 419 g/mol. The van der Waals surface area contributed by atoms with Gasteiger partial charge in [0.15, 0.2) is 9.84 Å². The lowest BCUT2D eigenvalue weighted by atomic mass is 10.1. The van der Waals surface area contributed by atoms with E-state index in [2.05, 4.69) is 15.3 Å². The van der Waals surface area contributed by atoms with Crippen molar-refractivity contribution in [2.45, 2.75) is 24.0 Å². The number of ketones is 1. The number of methoxy groups -OCH3 is 1. The summed E-state index contributed by atoms with van der Waals surface area (Å²) < 4.78 is 29.8. The summed E-state index contributed by atoms with van der Waals surface area (Å²) in [5.74, 6) is -1.40. The van der Waals surface area contributed by atoms with Gasteiger partial charge in [0.1, 0.15) is 21.5 Å². The third-order valence-electron chi connectivity index (χ3n) is 3.69. The second kappa shape index (κ2) is 8.77. The Morgan fingerprint density at radius 1 is 1.25 bits per heavy atom. The maximum absolute atomic E-state index is 12.6. The molecule has 0 atom stereocenters. The molecule has 0 aliphatic carbocycles. The van der Waals surface area contributed by atoms with Gasteiger partial charge in [0.25, 0.3) is 0 Å². The van der Waals surface area contributed by atoms with Gasteiger partial charge in [0.05, 0.1) is 12.4 Å². The molecule has 0 aliphatic rings. The molecule has 1 aromatic heterocycles. The van der Waals surface area contributed by atoms with Crippen molar-refractivity contribution < 1.29 is 22.7 Å². The summed E-state index contributed by atoms with van der Waals surface area (Å²) in [6.07, 6.45) is 0. The summed E-state index contributed by atoms with van der Waals surface area (Å²) in [6, 6.07) is 9.72. The van der Waals surface area contributed by atoms with E-state index in [1.54, 1.807) is 24.3 Å². The van der Waals surface area contributed by atoms with Crippen LogP contribution >= 0.6 is 11.3 Å². The van der Waals surface area contributed by atoms with Crippen molar-refractivity contribution in [3.63, 3.8) is 0 Å². The van der Waals surface area contributed by atoms with E-state index in [1.807, 2.05) is 0 Å². The Balaban J connectivity index is 2.50. The Kier molecular flexibility index (Phi) is 6.66. The highest BCUT2D eigenvalue weighted by molar-refractivity contribution is 7.92. The van der Waals surface area contributed by atoms with Gasteiger partial charge >= 0.3 is 5.97 Å². The first-order valence-corrected chi connectivity index (χ1v) is 10.4. The first-order chi connectivity index (χ1) is 13.2. The number of esters is 1. The number of hydrazone groups is 1. The van der Waals surface area contributed by atoms with E-state index in [4.69, 9.17) is 0 Å². The number of carbonyl (C=O) groups is 2. The zero-order chi connectivity index (χ0) is 20.9. The first kappa shape index (κ1) is 21.3. The van der Waals surface area contributed by atoms with Gasteiger partial charge in [-0.2, -0.15) is 10.4 Å². The van der Waals surface area contributed by atoms with Crippen LogP contribution in [0.15, 0.2) is 45.7 Å². The van der Waals surface area contributed by atoms with Crippen molar-refractivity contribution >= 4 is 44.3 Å². The molecule has 0 saturated carbocycles. The molecule has 28 heavy (non-hydrogen) atoms. The van der Waals surface area contributed by atoms with Crippen molar-refractivity contribution in [3.8, 4) is 6.07 Å². The number of Topliss-reactive ketones (excluding diaryl/α,β-unsaturated/α-hetero) is 1. The Hall–Kier alpha value is -3.03. The minimum Gasteiger partial charge on any atom is -0.465 e. The quantitative estimate of drug-likeness (QED) is 0.316. The summed E-state index contributed by atoms with van der Waals surface area (Å²) in [7, 11) is -2.59. The number of nitrogens with zero attached hydrogens (tertiary/aromatic N) is 2. The highest BCUT2D eigenvalue weighted by Crippen LogP contribution is 2.34. The summed E-state index contributed by atoms with van der Waals surface area (Å²) in [5, 5.41) is 13.6. The lowest BCUT2D eigenvalue weighted by Gasteiger charge is -2.10. The van der Waals surface area contributed by atoms with Gasteiger partial charge < -0.3 is 4.74 Å². The van der Waals surface area contributed by atoms with Crippen molar-refractivity contribution in [3.05, 3.63) is 46.2 Å². The van der Waals surface area contributed by atoms with Gasteiger partial charge in [0, 0.05) is 10.9 Å². The number of thiophene rings is 1. The predicted octanol–water partition coefficient (Wildman–Crippen LogP) is 2.89. The second-order valence-electron chi connectivity index (χ2n) is 5.77. The Bertz CT molecular complexity index is 1060. The van der Waals surface area contributed by atoms with Crippen LogP contribution in [-0.4, -0.2) is 38.2 Å². The number of nitrogens with one attached hydrogen (secondary N) is 1. The molecule has 2 rings (SSSR count). The van der Waals surface area contributed by atoms with Crippen LogP contribution in [0.5, 0.6) is 0 Å². The summed E-state index contributed by atoms with van der Waals surface area (Å²) in [6.45, 7) is 3.00. The smallest absolute Gasteiger partial charge is 0.350 e. The summed E-state index contributed by atoms with van der Waals surface area (Å²) >= 11 is 0.864. The minimum atomic E-state index is -3.75. The number of sulfone groups is 1. The van der Waals surface area contributed by atoms with Crippen molar-refractivity contribution in [1.82, 2.24) is 0 Å². The third-order valence-corrected chi connectivity index (χ3v) is 6.98. The van der Waals surface area contributed by atoms with Crippen LogP contribution in [0.4, 0.5) is 5.69 Å². The standard InChI is InChI=1S/C18H17N3O5S2/c1-11(2)28(24,25)14-10-27-17(18(23)26-3)15(14)21-20-13(9-19)16(22)12-7-5-4-6-8-12/h4-8,10-11,21H,1-3H3. The number of hydrogen-bond donors (Lipinski definition) is 1. The van der Waals surface area contributed by atoms with Crippen LogP contribution in [0.2, 0.25) is 0 Å². The molecule has 1 N–H and O–H groups in total. The molecular formula is C18H17N3O5S2. The van der Waals surface area contributed by atoms with E-state index in [-0.39, 0.29) is 21.0 Å². The minimum absolute atomic E-state index is 0.0325. The lowest BCUT2D eigenvalue weighted by Crippen LogP contribution is -2.17. The summed E-state index contributed by atoms with van der Waals surface area (Å²) in [4.78, 5) is 24.2. The molecule has 1 aromatic carbocycles. The Labute approximate surface area is 166 Å². The topological polar surface area (TPSA) is 126 Å². The normalized spacial score (nSPS) is 11.8. The number of rotatable bonds is 7. The SMILES string of the molecule is COC(=O)c1scc(S(=O)(=O)C(C)C)c1NN=C(C#N)C(=O)c1ccccc1. The zero-order valence-corrected chi connectivity index (χ0v) is 16.9. The van der Waals surface area contributed by atoms with E-state index in [9.17, 15) is 23.3 Å². The molecule has 0 amide bonds. The number of nitriles is 1. The number of anilines is 1. The van der Waals surface area contributed by atoms with Crippen molar-refractivity contribution in [2.75, 3.05) is 12.5 Å². The average molecular weight is 419 g/mol. The molecule has 1 heterocycles. The van der Waals surface area contributed by atoms with Gasteiger partial charge in [-0.3, -0.25) is 10.2 Å². The maximum Gasteiger partial charge on any atom is 0.350 e. The number of benzene rings is 1. The van der Waals surface area contributed by atoms with Crippen molar-refractivity contribution in [1.29, 1.82) is 5.26 Å². The van der Waals surface area contributed by atoms with Crippen LogP contribution < -0.4 is 5.43 Å². The van der Waals surface area contributed by atoms with Crippen LogP contribution in [0.3, 0.4) is 0 Å². The molecule has 0 saturated heterocycles. The highest BCUT2D eigenvalue weighted by atomic mass is 32.2. The largest absolute Gasteiger partial charge is 0.465 e. The molecule has 0 fully saturated rings. The molecule has 0 unspecified atom stereocenters. The van der Waals surface area contributed by atoms with Crippen LogP contribution in [0, 0.1) is 11.3 Å². The maximum atomic E-state index is 12.6. The molecule has 0 bridgehead atoms. The molecule has 10 heteroatoms. The summed E-state index contributed by atoms with van der Waals surface area (Å²) in [5.41, 5.74) is 2.05. The third kappa shape index (κ3) is 4.27. The predicted molar refractivity (Wildman–Crippen MR) is 105 cm³/mol. The van der Waals surface area contributed by atoms with E-state index in [0.717, 1.165) is 18.4 Å². The fourth-order valence-corrected chi connectivity index (χ4v) is 4.60. The zero-order valence-electron chi connectivity index (χ0n) is 15.3. The van der Waals surface area contributed by atoms with Gasteiger partial charge in [-0.05, 0) is 13.8 Å². The number of carbonyl (C=O) groups excluding carboxylic acids is 2. The van der Waals surface area contributed by atoms with E-state index >= 15 is 0 Å². The Morgan fingerprint density at radius 2 is 1.89 bits per heavy atom. The molecule has 146 valence electrons. The number of hydrogen-bond acceptors (Lipinski definition) is 9. The van der Waals surface area contributed by atoms with E-state index < -0.39 is 32.6 Å². The molecule has 0 radical (unpaired) electrons. The first-order valence-electron chi connectivity index (χ1n) is 8.01. The Morgan fingerprint density at radius 3 is 2.43 bits per heavy atom. The van der Waals surface area contributed by atoms with E-state index in [0.29, 0.717) is 0 Å². The lowest BCUT2D eigenvalue weighted by molar-refractivity contribution is 0.0607. The van der Waals surface area contributed by atoms with E-state index in [1.165, 1.54) is 31.4 Å². The van der Waals surface area contributed by atoms with Crippen LogP contribution in [0.25, 0.3) is 0 Å². The van der Waals surface area contributed by atoms with Gasteiger partial charge in [0.2, 0.25) is 11.5 Å². The second-order valence-corrected chi connectivity index (χ2v) is 9.12. The molecule has 0 aliphatic heterocycles. The van der Waals surface area contributed by atoms with Crippen LogP contribution in [0.1, 0.15) is 33.9 Å². The van der Waals surface area contributed by atoms with Crippen molar-refractivity contribution in [2.24, 2.45) is 5.10 Å². The van der Waals surface area contributed by atoms with Gasteiger partial charge in [-0.15, -0.1) is 11.3 Å². The molecular weight excluding hydrogens is 402 g/mol. The fourth-order valence-electron chi connectivity index (χ4n) is 2.12. The van der Waals surface area contributed by atoms with Crippen LogP contribution in [-0.2, 0) is 14.6 Å². The highest BCUT2D eigenvalue weighted by Gasteiger charge is 2.29. The fraction of sp³-hybridized carbons (Fsp3) is 0.222. The molecule has 2 aromatic rings. The molecule has 8 nitrogen and oxygen atoms in total. The average Bonchev–Trinajstić information content (AvgIpc) is 3.12. The van der Waals surface area contributed by atoms with Gasteiger partial charge in [-0.1, -0.05) is 30.3 Å². The number of ether oxygens (including phenoxy) is 1. The van der Waals surface area contributed by atoms with Gasteiger partial charge in [-0.25, -0.2) is 13.2 Å².